The Morgan fingerprint density at radius 2 is 1.83 bits per heavy atom. The molecule has 7 heteroatoms. The van der Waals surface area contributed by atoms with Gasteiger partial charge in [-0.05, 0) is 49.1 Å². The van der Waals surface area contributed by atoms with Crippen LogP contribution in [0.3, 0.4) is 0 Å². The van der Waals surface area contributed by atoms with Gasteiger partial charge in [-0.1, -0.05) is 43.7 Å². The van der Waals surface area contributed by atoms with Gasteiger partial charge in [-0.3, -0.25) is 4.79 Å². The summed E-state index contributed by atoms with van der Waals surface area (Å²) in [6, 6.07) is 16.2. The first-order valence-electron chi connectivity index (χ1n) is 12.7. The molecule has 4 aromatic rings. The van der Waals surface area contributed by atoms with Crippen molar-refractivity contribution in [3.05, 3.63) is 66.0 Å². The minimum absolute atomic E-state index is 0.0757. The van der Waals surface area contributed by atoms with Gasteiger partial charge in [-0.2, -0.15) is 0 Å². The third-order valence-corrected chi connectivity index (χ3v) is 6.39. The van der Waals surface area contributed by atoms with Crippen molar-refractivity contribution in [3.63, 3.8) is 0 Å². The van der Waals surface area contributed by atoms with Crippen LogP contribution in [0.1, 0.15) is 44.0 Å². The fraction of sp³-hybridized carbons (Fsp3) is 0.345. The van der Waals surface area contributed by atoms with Crippen LogP contribution in [0.25, 0.3) is 28.0 Å². The van der Waals surface area contributed by atoms with E-state index in [2.05, 4.69) is 27.9 Å². The summed E-state index contributed by atoms with van der Waals surface area (Å²) in [6.45, 7) is 3.64. The smallest absolute Gasteiger partial charge is 0.243 e. The zero-order chi connectivity index (χ0) is 25.5. The van der Waals surface area contributed by atoms with Crippen molar-refractivity contribution >= 4 is 45.4 Å². The van der Waals surface area contributed by atoms with Gasteiger partial charge in [0.15, 0.2) is 5.82 Å². The lowest BCUT2D eigenvalue weighted by Gasteiger charge is -2.11. The molecule has 1 amide bonds. The Balaban J connectivity index is 1.38. The number of fused-ring (bicyclic) bond motifs is 3. The van der Waals surface area contributed by atoms with E-state index in [1.54, 1.807) is 6.08 Å². The van der Waals surface area contributed by atoms with E-state index in [9.17, 15) is 4.79 Å². The largest absolute Gasteiger partial charge is 0.382 e. The number of nitrogen functional groups attached to an aromatic ring is 1. The number of nitrogens with two attached hydrogens (primary N) is 1. The second-order valence-corrected chi connectivity index (χ2v) is 9.31. The number of nitrogens with one attached hydrogen (secondary N) is 1. The molecule has 0 spiro atoms. The van der Waals surface area contributed by atoms with Crippen molar-refractivity contribution < 1.29 is 4.79 Å². The molecule has 0 aliphatic rings. The van der Waals surface area contributed by atoms with Gasteiger partial charge in [-0.15, -0.1) is 0 Å². The molecule has 0 aliphatic carbocycles. The predicted octanol–water partition coefficient (Wildman–Crippen LogP) is 5.19. The molecule has 2 heterocycles. The lowest BCUT2D eigenvalue weighted by molar-refractivity contribution is -0.116. The summed E-state index contributed by atoms with van der Waals surface area (Å²) >= 11 is 0. The number of hydrogen-bond donors (Lipinski definition) is 2. The van der Waals surface area contributed by atoms with Crippen molar-refractivity contribution in [2.75, 3.05) is 31.3 Å². The van der Waals surface area contributed by atoms with Crippen LogP contribution in [-0.4, -0.2) is 41.1 Å². The number of hydrogen-bond acceptors (Lipinski definition) is 5. The molecule has 188 valence electrons. The van der Waals surface area contributed by atoms with Crippen molar-refractivity contribution in [1.82, 2.24) is 19.9 Å². The fourth-order valence-corrected chi connectivity index (χ4v) is 4.39. The van der Waals surface area contributed by atoms with Crippen LogP contribution in [0.2, 0.25) is 0 Å². The highest BCUT2D eigenvalue weighted by Gasteiger charge is 2.16. The van der Waals surface area contributed by atoms with Gasteiger partial charge >= 0.3 is 0 Å². The number of unbranched alkanes of at least 4 members (excludes halogenated alkanes) is 2. The van der Waals surface area contributed by atoms with Crippen LogP contribution in [-0.2, 0) is 17.8 Å². The lowest BCUT2D eigenvalue weighted by atomic mass is 10.1. The van der Waals surface area contributed by atoms with Gasteiger partial charge in [0.25, 0.3) is 0 Å². The maximum absolute atomic E-state index is 12.3. The topological polar surface area (TPSA) is 89.1 Å². The molecule has 0 saturated carbocycles. The van der Waals surface area contributed by atoms with E-state index in [-0.39, 0.29) is 5.91 Å². The number of para-hydroxylation sites is 1. The number of anilines is 2. The number of aryl methyl sites for hydroxylation is 2. The molecule has 3 N–H and O–H groups in total. The molecule has 7 nitrogen and oxygen atoms in total. The number of carbonyl (C=O) groups is 1. The van der Waals surface area contributed by atoms with E-state index >= 15 is 0 Å². The van der Waals surface area contributed by atoms with Gasteiger partial charge in [0, 0.05) is 50.8 Å². The van der Waals surface area contributed by atoms with E-state index in [1.807, 2.05) is 67.5 Å². The van der Waals surface area contributed by atoms with Gasteiger partial charge in [0.2, 0.25) is 5.91 Å². The molecule has 0 radical (unpaired) electrons. The Morgan fingerprint density at radius 1 is 1.06 bits per heavy atom. The Morgan fingerprint density at radius 3 is 2.58 bits per heavy atom. The molecular weight excluding hydrogens is 448 g/mol. The molecule has 2 aromatic carbocycles. The molecule has 0 bridgehead atoms. The summed E-state index contributed by atoms with van der Waals surface area (Å²) in [7, 11) is 4.02. The summed E-state index contributed by atoms with van der Waals surface area (Å²) in [5.74, 6) is 1.47. The van der Waals surface area contributed by atoms with E-state index in [4.69, 9.17) is 10.7 Å². The van der Waals surface area contributed by atoms with Gasteiger partial charge in [-0.25, -0.2) is 9.97 Å². The summed E-state index contributed by atoms with van der Waals surface area (Å²) in [4.78, 5) is 23.8. The molecule has 0 saturated heterocycles. The van der Waals surface area contributed by atoms with E-state index < -0.39 is 0 Å². The van der Waals surface area contributed by atoms with E-state index in [1.165, 1.54) is 0 Å². The zero-order valence-corrected chi connectivity index (χ0v) is 21.5. The van der Waals surface area contributed by atoms with Gasteiger partial charge in [0.05, 0.1) is 11.0 Å². The SMILES string of the molecule is CCCCc1nc2c(N)nc3ccccc3c2n1CCCCNC(=O)/C=C/c1ccc(N(C)C)cc1. The average Bonchev–Trinajstić information content (AvgIpc) is 3.25. The number of imidazole rings is 1. The third-order valence-electron chi connectivity index (χ3n) is 6.39. The number of rotatable bonds is 11. The number of amides is 1. The Kier molecular flexibility index (Phi) is 8.21. The maximum atomic E-state index is 12.3. The van der Waals surface area contributed by atoms with Crippen molar-refractivity contribution in [2.45, 2.75) is 45.6 Å². The summed E-state index contributed by atoms with van der Waals surface area (Å²) < 4.78 is 2.31. The highest BCUT2D eigenvalue weighted by molar-refractivity contribution is 6.06. The Bertz CT molecular complexity index is 1350. The second kappa shape index (κ2) is 11.7. The normalized spacial score (nSPS) is 11.5. The highest BCUT2D eigenvalue weighted by Crippen LogP contribution is 2.29. The average molecular weight is 485 g/mol. The first-order chi connectivity index (χ1) is 17.5. The Hall–Kier alpha value is -3.87. The second-order valence-electron chi connectivity index (χ2n) is 9.31. The molecule has 4 rings (SSSR count). The molecule has 2 aromatic heterocycles. The Labute approximate surface area is 213 Å². The molecule has 36 heavy (non-hydrogen) atoms. The van der Waals surface area contributed by atoms with Crippen LogP contribution in [0.15, 0.2) is 54.6 Å². The molecular formula is C29H36N6O. The van der Waals surface area contributed by atoms with Crippen LogP contribution in [0.4, 0.5) is 11.5 Å². The van der Waals surface area contributed by atoms with E-state index in [0.29, 0.717) is 12.4 Å². The molecule has 0 aliphatic heterocycles. The predicted molar refractivity (Wildman–Crippen MR) is 150 cm³/mol. The van der Waals surface area contributed by atoms with Gasteiger partial charge in [0.1, 0.15) is 11.3 Å². The van der Waals surface area contributed by atoms with Crippen molar-refractivity contribution in [2.24, 2.45) is 0 Å². The van der Waals surface area contributed by atoms with Crippen molar-refractivity contribution in [3.8, 4) is 0 Å². The molecule has 0 unspecified atom stereocenters. The number of aromatic nitrogens is 3. The van der Waals surface area contributed by atoms with Crippen LogP contribution >= 0.6 is 0 Å². The minimum atomic E-state index is -0.0757. The van der Waals surface area contributed by atoms with Crippen LogP contribution in [0.5, 0.6) is 0 Å². The van der Waals surface area contributed by atoms with Gasteiger partial charge < -0.3 is 20.5 Å². The lowest BCUT2D eigenvalue weighted by Crippen LogP contribution is -2.22. The number of benzene rings is 2. The third kappa shape index (κ3) is 5.85. The molecule has 0 atom stereocenters. The first kappa shape index (κ1) is 25.2. The summed E-state index contributed by atoms with van der Waals surface area (Å²) in [5, 5.41) is 4.08. The number of pyridine rings is 1. The monoisotopic (exact) mass is 484 g/mol. The molecule has 0 fully saturated rings. The van der Waals surface area contributed by atoms with Crippen LogP contribution in [0, 0.1) is 0 Å². The quantitative estimate of drug-likeness (QED) is 0.226. The maximum Gasteiger partial charge on any atom is 0.243 e. The number of nitrogens with zero attached hydrogens (tertiary/aromatic N) is 4. The minimum Gasteiger partial charge on any atom is -0.382 e. The standard InChI is InChI=1S/C29H36N6O/c1-4-5-12-25-33-27-28(23-10-6-7-11-24(23)32-29(27)30)35(25)20-9-8-19-31-26(36)18-15-21-13-16-22(17-14-21)34(2)3/h6-7,10-11,13-18H,4-5,8-9,12,19-20H2,1-3H3,(H2,30,32)(H,31,36)/b18-15+. The fourth-order valence-electron chi connectivity index (χ4n) is 4.39. The zero-order valence-electron chi connectivity index (χ0n) is 21.5. The van der Waals surface area contributed by atoms with Crippen LogP contribution < -0.4 is 16.0 Å². The van der Waals surface area contributed by atoms with E-state index in [0.717, 1.165) is 77.7 Å². The first-order valence-corrected chi connectivity index (χ1v) is 12.7. The highest BCUT2D eigenvalue weighted by atomic mass is 16.1. The summed E-state index contributed by atoms with van der Waals surface area (Å²) in [5.41, 5.74) is 11.2. The summed E-state index contributed by atoms with van der Waals surface area (Å²) in [6.07, 6.45) is 8.34. The number of carbonyl (C=O) groups excluding carboxylic acids is 1. The van der Waals surface area contributed by atoms with Crippen molar-refractivity contribution in [1.29, 1.82) is 0 Å².